The Bertz CT molecular complexity index is 901. The van der Waals surface area contributed by atoms with Crippen LogP contribution in [0.2, 0.25) is 0 Å². The molecular weight excluding hydrogens is 399 g/mol. The van der Waals surface area contributed by atoms with E-state index in [4.69, 9.17) is 0 Å². The van der Waals surface area contributed by atoms with Crippen LogP contribution < -0.4 is 10.6 Å². The van der Waals surface area contributed by atoms with Crippen molar-refractivity contribution < 1.29 is 14.0 Å². The number of allylic oxidation sites excluding steroid dienone is 2. The van der Waals surface area contributed by atoms with Gasteiger partial charge in [-0.2, -0.15) is 0 Å². The van der Waals surface area contributed by atoms with Gasteiger partial charge in [0.25, 0.3) is 0 Å². The molecule has 0 radical (unpaired) electrons. The van der Waals surface area contributed by atoms with Gasteiger partial charge in [-0.05, 0) is 46.5 Å². The van der Waals surface area contributed by atoms with E-state index in [0.29, 0.717) is 22.2 Å². The van der Waals surface area contributed by atoms with E-state index in [1.54, 1.807) is 12.1 Å². The van der Waals surface area contributed by atoms with Gasteiger partial charge in [0.15, 0.2) is 11.6 Å². The molecule has 1 unspecified atom stereocenters. The van der Waals surface area contributed by atoms with Crippen molar-refractivity contribution in [1.29, 1.82) is 0 Å². The molecule has 1 atom stereocenters. The summed E-state index contributed by atoms with van der Waals surface area (Å²) in [5, 5.41) is 6.45. The Morgan fingerprint density at radius 2 is 1.92 bits per heavy atom. The van der Waals surface area contributed by atoms with Crippen LogP contribution in [0.3, 0.4) is 0 Å². The number of hydrogen-bond acceptors (Lipinski definition) is 4. The second-order valence-electron chi connectivity index (χ2n) is 7.76. The van der Waals surface area contributed by atoms with Crippen LogP contribution in [0.5, 0.6) is 0 Å². The summed E-state index contributed by atoms with van der Waals surface area (Å²) >= 11 is 3.24. The highest BCUT2D eigenvalue weighted by molar-refractivity contribution is 9.10. The fraction of sp³-hybridized carbons (Fsp3) is 0.400. The van der Waals surface area contributed by atoms with Crippen molar-refractivity contribution in [3.8, 4) is 0 Å². The Balaban J connectivity index is 1.93. The first-order valence-corrected chi connectivity index (χ1v) is 9.55. The Labute approximate surface area is 160 Å². The SMILES string of the molecule is CC1(C)CCC2=C(C1=O)C(c1ccc(F)c(Br)c1)C1=C(CNCC1=O)N2. The molecule has 1 aromatic rings. The monoisotopic (exact) mass is 418 g/mol. The molecule has 3 aliphatic rings. The third-order valence-corrected chi connectivity index (χ3v) is 6.16. The summed E-state index contributed by atoms with van der Waals surface area (Å²) in [4.78, 5) is 26.0. The number of nitrogens with one attached hydrogen (secondary N) is 2. The minimum atomic E-state index is -0.468. The highest BCUT2D eigenvalue weighted by atomic mass is 79.9. The molecule has 136 valence electrons. The number of Topliss-reactive ketones (excluding diaryl/α,β-unsaturated/α-hetero) is 2. The Morgan fingerprint density at radius 3 is 2.65 bits per heavy atom. The van der Waals surface area contributed by atoms with Gasteiger partial charge in [0, 0.05) is 40.4 Å². The van der Waals surface area contributed by atoms with Gasteiger partial charge in [-0.15, -0.1) is 0 Å². The van der Waals surface area contributed by atoms with Crippen LogP contribution in [0.25, 0.3) is 0 Å². The molecule has 2 heterocycles. The highest BCUT2D eigenvalue weighted by Crippen LogP contribution is 2.47. The molecule has 0 amide bonds. The molecule has 1 aliphatic carbocycles. The first-order valence-electron chi connectivity index (χ1n) is 8.76. The van der Waals surface area contributed by atoms with Crippen molar-refractivity contribution in [3.63, 3.8) is 0 Å². The lowest BCUT2D eigenvalue weighted by molar-refractivity contribution is -0.124. The molecule has 4 rings (SSSR count). The zero-order valence-corrected chi connectivity index (χ0v) is 16.3. The van der Waals surface area contributed by atoms with Gasteiger partial charge in [0.1, 0.15) is 5.82 Å². The highest BCUT2D eigenvalue weighted by Gasteiger charge is 2.45. The summed E-state index contributed by atoms with van der Waals surface area (Å²) in [6.07, 6.45) is 1.53. The van der Waals surface area contributed by atoms with Crippen LogP contribution in [-0.2, 0) is 9.59 Å². The van der Waals surface area contributed by atoms with Gasteiger partial charge in [-0.3, -0.25) is 9.59 Å². The molecule has 0 spiro atoms. The Kier molecular flexibility index (Phi) is 4.15. The number of rotatable bonds is 1. The van der Waals surface area contributed by atoms with Gasteiger partial charge < -0.3 is 10.6 Å². The summed E-state index contributed by atoms with van der Waals surface area (Å²) < 4.78 is 14.1. The van der Waals surface area contributed by atoms with Crippen LogP contribution in [0.4, 0.5) is 4.39 Å². The predicted molar refractivity (Wildman–Crippen MR) is 99.9 cm³/mol. The number of halogens is 2. The number of carbonyl (C=O) groups is 2. The number of hydrogen-bond donors (Lipinski definition) is 2. The summed E-state index contributed by atoms with van der Waals surface area (Å²) in [5.41, 5.74) is 3.32. The molecule has 6 heteroatoms. The molecule has 0 bridgehead atoms. The minimum Gasteiger partial charge on any atom is -0.360 e. The average molecular weight is 419 g/mol. The average Bonchev–Trinajstić information content (AvgIpc) is 2.60. The molecule has 2 N–H and O–H groups in total. The summed E-state index contributed by atoms with van der Waals surface area (Å²) in [6, 6.07) is 4.74. The molecule has 0 aromatic heterocycles. The lowest BCUT2D eigenvalue weighted by Crippen LogP contribution is -2.46. The van der Waals surface area contributed by atoms with E-state index in [1.165, 1.54) is 6.07 Å². The van der Waals surface area contributed by atoms with E-state index in [-0.39, 0.29) is 23.9 Å². The number of carbonyl (C=O) groups excluding carboxylic acids is 2. The van der Waals surface area contributed by atoms with Crippen LogP contribution in [0, 0.1) is 11.2 Å². The number of benzene rings is 1. The van der Waals surface area contributed by atoms with Crippen molar-refractivity contribution in [2.24, 2.45) is 5.41 Å². The lowest BCUT2D eigenvalue weighted by Gasteiger charge is -2.41. The fourth-order valence-corrected chi connectivity index (χ4v) is 4.48. The van der Waals surface area contributed by atoms with Crippen molar-refractivity contribution in [3.05, 3.63) is 56.6 Å². The molecule has 0 saturated heterocycles. The van der Waals surface area contributed by atoms with Gasteiger partial charge >= 0.3 is 0 Å². The van der Waals surface area contributed by atoms with Gasteiger partial charge in [-0.1, -0.05) is 19.9 Å². The largest absolute Gasteiger partial charge is 0.360 e. The second kappa shape index (κ2) is 6.13. The van der Waals surface area contributed by atoms with Gasteiger partial charge in [-0.25, -0.2) is 4.39 Å². The minimum absolute atomic E-state index is 0.0214. The zero-order valence-electron chi connectivity index (χ0n) is 14.7. The molecule has 1 aromatic carbocycles. The van der Waals surface area contributed by atoms with E-state index in [1.807, 2.05) is 13.8 Å². The van der Waals surface area contributed by atoms with Crippen LogP contribution in [-0.4, -0.2) is 24.7 Å². The van der Waals surface area contributed by atoms with Crippen LogP contribution in [0.1, 0.15) is 38.2 Å². The first-order chi connectivity index (χ1) is 12.3. The van der Waals surface area contributed by atoms with Crippen molar-refractivity contribution in [1.82, 2.24) is 10.6 Å². The quantitative estimate of drug-likeness (QED) is 0.733. The molecule has 0 fully saturated rings. The molecule has 2 aliphatic heterocycles. The number of ketones is 2. The maximum Gasteiger partial charge on any atom is 0.175 e. The summed E-state index contributed by atoms with van der Waals surface area (Å²) in [5.74, 6) is -0.764. The maximum atomic E-state index is 13.8. The predicted octanol–water partition coefficient (Wildman–Crippen LogP) is 3.34. The zero-order chi connectivity index (χ0) is 18.6. The lowest BCUT2D eigenvalue weighted by atomic mass is 9.66. The third-order valence-electron chi connectivity index (χ3n) is 5.55. The standard InChI is InChI=1S/C20H20BrFN2O2/c1-20(2)6-5-13-18(19(20)26)16(10-3-4-12(22)11(21)7-10)17-14(24-13)8-23-9-15(17)25/h3-4,7,16,23-24H,5-6,8-9H2,1-2H3. The van der Waals surface area contributed by atoms with E-state index in [9.17, 15) is 14.0 Å². The van der Waals surface area contributed by atoms with Gasteiger partial charge in [0.2, 0.25) is 0 Å². The molecular formula is C20H20BrFN2O2. The summed E-state index contributed by atoms with van der Waals surface area (Å²) in [6.45, 7) is 4.71. The fourth-order valence-electron chi connectivity index (χ4n) is 4.08. The normalized spacial score (nSPS) is 25.0. The van der Waals surface area contributed by atoms with Crippen molar-refractivity contribution in [2.45, 2.75) is 32.6 Å². The van der Waals surface area contributed by atoms with E-state index >= 15 is 0 Å². The van der Waals surface area contributed by atoms with Gasteiger partial charge in [0.05, 0.1) is 11.0 Å². The molecule has 26 heavy (non-hydrogen) atoms. The first kappa shape index (κ1) is 17.6. The second-order valence-corrected chi connectivity index (χ2v) is 8.61. The topological polar surface area (TPSA) is 58.2 Å². The summed E-state index contributed by atoms with van der Waals surface area (Å²) in [7, 11) is 0. The third kappa shape index (κ3) is 2.67. The smallest absolute Gasteiger partial charge is 0.175 e. The van der Waals surface area contributed by atoms with E-state index in [2.05, 4.69) is 26.6 Å². The maximum absolute atomic E-state index is 13.8. The molecule has 4 nitrogen and oxygen atoms in total. The molecule has 0 saturated carbocycles. The van der Waals surface area contributed by atoms with E-state index < -0.39 is 11.3 Å². The van der Waals surface area contributed by atoms with Crippen LogP contribution >= 0.6 is 15.9 Å². The van der Waals surface area contributed by atoms with E-state index in [0.717, 1.165) is 29.8 Å². The Hall–Kier alpha value is -1.79. The Morgan fingerprint density at radius 1 is 1.15 bits per heavy atom. The number of dihydropyridines is 1. The van der Waals surface area contributed by atoms with Crippen LogP contribution in [0.15, 0.2) is 45.2 Å². The van der Waals surface area contributed by atoms with Crippen molar-refractivity contribution >= 4 is 27.5 Å². The van der Waals surface area contributed by atoms with Crippen molar-refractivity contribution in [2.75, 3.05) is 13.1 Å².